The van der Waals surface area contributed by atoms with Gasteiger partial charge >= 0.3 is 0 Å². The van der Waals surface area contributed by atoms with E-state index in [-0.39, 0.29) is 6.61 Å². The highest BCUT2D eigenvalue weighted by molar-refractivity contribution is 6.31. The number of hydrogen-bond donors (Lipinski definition) is 0. The first-order valence-corrected chi connectivity index (χ1v) is 4.78. The van der Waals surface area contributed by atoms with Gasteiger partial charge in [0.15, 0.2) is 6.61 Å². The molecule has 4 nitrogen and oxygen atoms in total. The average Bonchev–Trinajstić information content (AvgIpc) is 2.73. The molecular weight excluding hydrogens is 216 g/mol. The fourth-order valence-electron chi connectivity index (χ4n) is 1.14. The highest BCUT2D eigenvalue weighted by Crippen LogP contribution is 2.25. The molecule has 0 saturated carbocycles. The zero-order valence-electron chi connectivity index (χ0n) is 8.11. The van der Waals surface area contributed by atoms with Crippen molar-refractivity contribution in [1.29, 1.82) is 0 Å². The van der Waals surface area contributed by atoms with Crippen LogP contribution < -0.4 is 4.74 Å². The molecule has 0 amide bonds. The molecule has 1 aromatic heterocycles. The Bertz CT molecular complexity index is 443. The van der Waals surface area contributed by atoms with Crippen molar-refractivity contribution in [3.63, 3.8) is 0 Å². The Hall–Kier alpha value is -1.55. The van der Waals surface area contributed by atoms with Gasteiger partial charge in [-0.3, -0.25) is 0 Å². The number of halogens is 1. The van der Waals surface area contributed by atoms with Gasteiger partial charge in [-0.1, -0.05) is 22.8 Å². The lowest BCUT2D eigenvalue weighted by Gasteiger charge is -2.07. The van der Waals surface area contributed by atoms with Crippen LogP contribution in [0.1, 0.15) is 11.4 Å². The number of ether oxygens (including phenoxy) is 1. The third-order valence-electron chi connectivity index (χ3n) is 1.98. The van der Waals surface area contributed by atoms with Crippen molar-refractivity contribution < 1.29 is 9.26 Å². The lowest BCUT2D eigenvalue weighted by Crippen LogP contribution is -1.98. The van der Waals surface area contributed by atoms with Gasteiger partial charge in [-0.05, 0) is 19.1 Å². The van der Waals surface area contributed by atoms with Crippen LogP contribution in [-0.2, 0) is 6.61 Å². The SMILES string of the molecule is Cc1c(Cl)cccc1OCc1ncon1. The molecule has 0 spiro atoms. The van der Waals surface area contributed by atoms with Crippen LogP contribution in [0, 0.1) is 6.92 Å². The minimum absolute atomic E-state index is 0.275. The van der Waals surface area contributed by atoms with E-state index < -0.39 is 0 Å². The first-order chi connectivity index (χ1) is 7.27. The second kappa shape index (κ2) is 4.31. The maximum absolute atomic E-state index is 5.94. The molecular formula is C10H9ClN2O2. The van der Waals surface area contributed by atoms with Gasteiger partial charge in [-0.2, -0.15) is 4.98 Å². The van der Waals surface area contributed by atoms with Crippen LogP contribution in [0.4, 0.5) is 0 Å². The van der Waals surface area contributed by atoms with Crippen LogP contribution in [-0.4, -0.2) is 10.1 Å². The fourth-order valence-corrected chi connectivity index (χ4v) is 1.31. The first kappa shape index (κ1) is 9.98. The minimum Gasteiger partial charge on any atom is -0.485 e. The van der Waals surface area contributed by atoms with Crippen LogP contribution >= 0.6 is 11.6 Å². The molecule has 0 aliphatic carbocycles. The second-order valence-corrected chi connectivity index (χ2v) is 3.41. The molecule has 0 bridgehead atoms. The average molecular weight is 225 g/mol. The number of aromatic nitrogens is 2. The van der Waals surface area contributed by atoms with Crippen LogP contribution in [0.25, 0.3) is 0 Å². The van der Waals surface area contributed by atoms with E-state index in [1.54, 1.807) is 0 Å². The summed E-state index contributed by atoms with van der Waals surface area (Å²) in [5.41, 5.74) is 0.905. The summed E-state index contributed by atoms with van der Waals surface area (Å²) in [6, 6.07) is 5.50. The van der Waals surface area contributed by atoms with Crippen LogP contribution in [0.2, 0.25) is 5.02 Å². The molecule has 15 heavy (non-hydrogen) atoms. The Morgan fingerprint density at radius 2 is 2.33 bits per heavy atom. The van der Waals surface area contributed by atoms with Crippen molar-refractivity contribution in [3.8, 4) is 5.75 Å². The van der Waals surface area contributed by atoms with Gasteiger partial charge in [-0.15, -0.1) is 0 Å². The molecule has 0 fully saturated rings. The van der Waals surface area contributed by atoms with E-state index in [1.807, 2.05) is 25.1 Å². The van der Waals surface area contributed by atoms with E-state index in [9.17, 15) is 0 Å². The van der Waals surface area contributed by atoms with Gasteiger partial charge in [0.05, 0.1) is 0 Å². The lowest BCUT2D eigenvalue weighted by molar-refractivity contribution is 0.285. The van der Waals surface area contributed by atoms with E-state index in [2.05, 4.69) is 14.7 Å². The molecule has 0 saturated heterocycles. The highest BCUT2D eigenvalue weighted by atomic mass is 35.5. The van der Waals surface area contributed by atoms with E-state index in [1.165, 1.54) is 6.39 Å². The number of nitrogens with zero attached hydrogens (tertiary/aromatic N) is 2. The van der Waals surface area contributed by atoms with Crippen molar-refractivity contribution in [2.45, 2.75) is 13.5 Å². The van der Waals surface area contributed by atoms with Crippen molar-refractivity contribution in [1.82, 2.24) is 10.1 Å². The predicted octanol–water partition coefficient (Wildman–Crippen LogP) is 2.61. The number of hydrogen-bond acceptors (Lipinski definition) is 4. The van der Waals surface area contributed by atoms with Gasteiger partial charge in [0, 0.05) is 10.6 Å². The second-order valence-electron chi connectivity index (χ2n) is 3.00. The molecule has 5 heteroatoms. The maximum Gasteiger partial charge on any atom is 0.213 e. The molecule has 2 aromatic rings. The number of rotatable bonds is 3. The molecule has 2 rings (SSSR count). The van der Waals surface area contributed by atoms with Crippen molar-refractivity contribution in [3.05, 3.63) is 41.0 Å². The minimum atomic E-state index is 0.275. The smallest absolute Gasteiger partial charge is 0.213 e. The topological polar surface area (TPSA) is 48.2 Å². The zero-order chi connectivity index (χ0) is 10.7. The van der Waals surface area contributed by atoms with Gasteiger partial charge in [0.25, 0.3) is 0 Å². The molecule has 0 unspecified atom stereocenters. The molecule has 1 aromatic carbocycles. The lowest BCUT2D eigenvalue weighted by atomic mass is 10.2. The number of benzene rings is 1. The molecule has 0 N–H and O–H groups in total. The Balaban J connectivity index is 2.08. The van der Waals surface area contributed by atoms with E-state index in [0.29, 0.717) is 10.8 Å². The van der Waals surface area contributed by atoms with Crippen LogP contribution in [0.5, 0.6) is 5.75 Å². The van der Waals surface area contributed by atoms with Crippen molar-refractivity contribution in [2.24, 2.45) is 0 Å². The Morgan fingerprint density at radius 3 is 3.07 bits per heavy atom. The van der Waals surface area contributed by atoms with Crippen molar-refractivity contribution >= 4 is 11.6 Å². The van der Waals surface area contributed by atoms with Gasteiger partial charge < -0.3 is 9.26 Å². The summed E-state index contributed by atoms with van der Waals surface area (Å²) in [6.45, 7) is 2.17. The van der Waals surface area contributed by atoms with E-state index >= 15 is 0 Å². The summed E-state index contributed by atoms with van der Waals surface area (Å²) in [5, 5.41) is 4.32. The summed E-state index contributed by atoms with van der Waals surface area (Å²) >= 11 is 5.94. The zero-order valence-corrected chi connectivity index (χ0v) is 8.86. The van der Waals surface area contributed by atoms with Crippen LogP contribution in [0.3, 0.4) is 0 Å². The third-order valence-corrected chi connectivity index (χ3v) is 2.39. The molecule has 0 radical (unpaired) electrons. The molecule has 1 heterocycles. The van der Waals surface area contributed by atoms with Gasteiger partial charge in [0.2, 0.25) is 12.2 Å². The largest absolute Gasteiger partial charge is 0.485 e. The van der Waals surface area contributed by atoms with Gasteiger partial charge in [0.1, 0.15) is 5.75 Å². The standard InChI is InChI=1S/C10H9ClN2O2/c1-7-8(11)3-2-4-9(7)14-5-10-12-6-15-13-10/h2-4,6H,5H2,1H3. The van der Waals surface area contributed by atoms with E-state index in [0.717, 1.165) is 11.3 Å². The summed E-state index contributed by atoms with van der Waals surface area (Å²) in [5.74, 6) is 1.24. The summed E-state index contributed by atoms with van der Waals surface area (Å²) in [6.07, 6.45) is 1.27. The van der Waals surface area contributed by atoms with Crippen molar-refractivity contribution in [2.75, 3.05) is 0 Å². The molecule has 0 aliphatic heterocycles. The van der Waals surface area contributed by atoms with Crippen LogP contribution in [0.15, 0.2) is 29.1 Å². The normalized spacial score (nSPS) is 10.3. The molecule has 0 atom stereocenters. The monoisotopic (exact) mass is 224 g/mol. The summed E-state index contributed by atoms with van der Waals surface area (Å²) in [7, 11) is 0. The third kappa shape index (κ3) is 2.27. The molecule has 0 aliphatic rings. The quantitative estimate of drug-likeness (QED) is 0.804. The maximum atomic E-state index is 5.94. The molecule has 78 valence electrons. The Kier molecular flexibility index (Phi) is 2.87. The summed E-state index contributed by atoms with van der Waals surface area (Å²) in [4.78, 5) is 3.85. The van der Waals surface area contributed by atoms with E-state index in [4.69, 9.17) is 16.3 Å². The highest BCUT2D eigenvalue weighted by Gasteiger charge is 2.04. The summed E-state index contributed by atoms with van der Waals surface area (Å²) < 4.78 is 10.1. The first-order valence-electron chi connectivity index (χ1n) is 4.40. The fraction of sp³-hybridized carbons (Fsp3) is 0.200. The Labute approximate surface area is 91.8 Å². The van der Waals surface area contributed by atoms with Gasteiger partial charge in [-0.25, -0.2) is 0 Å². The predicted molar refractivity (Wildman–Crippen MR) is 54.8 cm³/mol. The Morgan fingerprint density at radius 1 is 1.47 bits per heavy atom.